The molecule has 0 unspecified atom stereocenters. The summed E-state index contributed by atoms with van der Waals surface area (Å²) in [5, 5.41) is 12.9. The fraction of sp³-hybridized carbons (Fsp3) is 0.150. The van der Waals surface area contributed by atoms with E-state index in [9.17, 15) is 34.8 Å². The third-order valence-corrected chi connectivity index (χ3v) is 5.47. The summed E-state index contributed by atoms with van der Waals surface area (Å²) in [6.45, 7) is 0. The first-order valence-electron chi connectivity index (χ1n) is 9.49. The van der Waals surface area contributed by atoms with Crippen LogP contribution in [0.2, 0.25) is 0 Å². The van der Waals surface area contributed by atoms with Crippen LogP contribution in [0.15, 0.2) is 65.8 Å². The van der Waals surface area contributed by atoms with Gasteiger partial charge in [-0.2, -0.15) is 26.3 Å². The van der Waals surface area contributed by atoms with Gasteiger partial charge in [0.25, 0.3) is 0 Å². The standard InChI is InChI=1S/C18H16F3N5O2S.C2HF3O2/c1-22-29(27,28)15-7-3-6-14(9-15)26-17-10-16(23-11-24-17)25-13-5-2-4-12(8-13)18(19,20)21;3-2(4,5)1(6)7/h2-11,22H,1H3,(H2,23,24,25,26);(H,6,7). The predicted octanol–water partition coefficient (Wildman–Crippen LogP) is 4.52. The number of rotatable bonds is 6. The summed E-state index contributed by atoms with van der Waals surface area (Å²) >= 11 is 0. The Bertz CT molecular complexity index is 1320. The molecule has 1 aromatic heterocycles. The van der Waals surface area contributed by atoms with Crippen molar-refractivity contribution in [3.63, 3.8) is 0 Å². The second kappa shape index (κ2) is 11.2. The fourth-order valence-electron chi connectivity index (χ4n) is 2.42. The van der Waals surface area contributed by atoms with Crippen molar-refractivity contribution in [3.8, 4) is 0 Å². The summed E-state index contributed by atoms with van der Waals surface area (Å²) in [6.07, 6.45) is -8.30. The first-order valence-corrected chi connectivity index (χ1v) is 11.0. The zero-order valence-corrected chi connectivity index (χ0v) is 18.8. The number of carboxylic acids is 1. The minimum Gasteiger partial charge on any atom is -0.475 e. The molecule has 0 amide bonds. The first kappa shape index (κ1) is 28.3. The molecule has 4 N–H and O–H groups in total. The fourth-order valence-corrected chi connectivity index (χ4v) is 3.20. The predicted molar refractivity (Wildman–Crippen MR) is 116 cm³/mol. The highest BCUT2D eigenvalue weighted by Gasteiger charge is 2.38. The number of carbonyl (C=O) groups is 1. The van der Waals surface area contributed by atoms with Gasteiger partial charge in [0, 0.05) is 17.4 Å². The van der Waals surface area contributed by atoms with Crippen LogP contribution in [0.3, 0.4) is 0 Å². The van der Waals surface area contributed by atoms with Crippen LogP contribution < -0.4 is 15.4 Å². The maximum absolute atomic E-state index is 12.8. The van der Waals surface area contributed by atoms with Gasteiger partial charge in [0.05, 0.1) is 10.5 Å². The maximum Gasteiger partial charge on any atom is 0.490 e. The van der Waals surface area contributed by atoms with Gasteiger partial charge in [-0.1, -0.05) is 12.1 Å². The second-order valence-electron chi connectivity index (χ2n) is 6.66. The van der Waals surface area contributed by atoms with Crippen molar-refractivity contribution < 1.29 is 44.7 Å². The lowest BCUT2D eigenvalue weighted by molar-refractivity contribution is -0.192. The van der Waals surface area contributed by atoms with E-state index < -0.39 is 33.9 Å². The normalized spacial score (nSPS) is 11.8. The van der Waals surface area contributed by atoms with Gasteiger partial charge >= 0.3 is 18.3 Å². The van der Waals surface area contributed by atoms with Crippen LogP contribution >= 0.6 is 0 Å². The van der Waals surface area contributed by atoms with Crippen LogP contribution in [-0.4, -0.2) is 42.7 Å². The summed E-state index contributed by atoms with van der Waals surface area (Å²) in [7, 11) is -2.29. The molecule has 0 aliphatic rings. The monoisotopic (exact) mass is 537 g/mol. The molecule has 194 valence electrons. The van der Waals surface area contributed by atoms with Gasteiger partial charge in [0.15, 0.2) is 0 Å². The average Bonchev–Trinajstić information content (AvgIpc) is 2.79. The maximum atomic E-state index is 12.8. The van der Waals surface area contributed by atoms with Crippen LogP contribution in [0.4, 0.5) is 49.4 Å². The van der Waals surface area contributed by atoms with Crippen molar-refractivity contribution in [2.45, 2.75) is 17.2 Å². The van der Waals surface area contributed by atoms with E-state index in [1.165, 1.54) is 43.7 Å². The van der Waals surface area contributed by atoms with Gasteiger partial charge in [-0.3, -0.25) is 0 Å². The zero-order valence-electron chi connectivity index (χ0n) is 18.0. The van der Waals surface area contributed by atoms with Gasteiger partial charge in [0.2, 0.25) is 10.0 Å². The van der Waals surface area contributed by atoms with Crippen LogP contribution in [0.1, 0.15) is 5.56 Å². The molecule has 0 bridgehead atoms. The number of carboxylic acid groups (broad SMARTS) is 1. The van der Waals surface area contributed by atoms with Crippen LogP contribution in [-0.2, 0) is 21.0 Å². The van der Waals surface area contributed by atoms with Crippen molar-refractivity contribution in [2.75, 3.05) is 17.7 Å². The second-order valence-corrected chi connectivity index (χ2v) is 8.54. The minimum absolute atomic E-state index is 0.0707. The molecule has 0 saturated heterocycles. The Morgan fingerprint density at radius 1 is 0.861 bits per heavy atom. The number of aliphatic carboxylic acids is 1. The Hall–Kier alpha value is -3.92. The van der Waals surface area contributed by atoms with E-state index in [4.69, 9.17) is 9.90 Å². The highest BCUT2D eigenvalue weighted by Crippen LogP contribution is 2.31. The van der Waals surface area contributed by atoms with E-state index in [0.29, 0.717) is 11.5 Å². The summed E-state index contributed by atoms with van der Waals surface area (Å²) in [4.78, 5) is 17.0. The summed E-state index contributed by atoms with van der Waals surface area (Å²) < 4.78 is 96.3. The SMILES string of the molecule is CNS(=O)(=O)c1cccc(Nc2cc(Nc3cccc(C(F)(F)F)c3)ncn2)c1.O=C(O)C(F)(F)F. The Labute approximate surface area is 200 Å². The lowest BCUT2D eigenvalue weighted by Gasteiger charge is -2.11. The molecule has 9 nitrogen and oxygen atoms in total. The Morgan fingerprint density at radius 3 is 1.83 bits per heavy atom. The lowest BCUT2D eigenvalue weighted by Crippen LogP contribution is -2.21. The molecule has 1 heterocycles. The molecule has 0 aliphatic carbocycles. The number of nitrogens with one attached hydrogen (secondary N) is 3. The van der Waals surface area contributed by atoms with Gasteiger partial charge < -0.3 is 15.7 Å². The minimum atomic E-state index is -5.08. The van der Waals surface area contributed by atoms with E-state index >= 15 is 0 Å². The molecule has 3 rings (SSSR count). The Kier molecular flexibility index (Phi) is 8.82. The molecule has 0 aliphatic heterocycles. The summed E-state index contributed by atoms with van der Waals surface area (Å²) in [5.74, 6) is -2.16. The number of hydrogen-bond acceptors (Lipinski definition) is 7. The smallest absolute Gasteiger partial charge is 0.475 e. The highest BCUT2D eigenvalue weighted by molar-refractivity contribution is 7.89. The zero-order chi connectivity index (χ0) is 27.1. The summed E-state index contributed by atoms with van der Waals surface area (Å²) in [5.41, 5.74) is -0.103. The molecular weight excluding hydrogens is 520 g/mol. The molecule has 16 heteroatoms. The number of anilines is 4. The van der Waals surface area contributed by atoms with E-state index in [-0.39, 0.29) is 16.4 Å². The van der Waals surface area contributed by atoms with Crippen LogP contribution in [0, 0.1) is 0 Å². The van der Waals surface area contributed by atoms with Gasteiger partial charge in [-0.15, -0.1) is 0 Å². The van der Waals surface area contributed by atoms with Gasteiger partial charge in [-0.25, -0.2) is 27.9 Å². The van der Waals surface area contributed by atoms with Gasteiger partial charge in [0.1, 0.15) is 18.0 Å². The van der Waals surface area contributed by atoms with Crippen molar-refractivity contribution in [2.24, 2.45) is 0 Å². The molecule has 0 saturated carbocycles. The van der Waals surface area contributed by atoms with E-state index in [2.05, 4.69) is 25.3 Å². The molecule has 0 fully saturated rings. The third kappa shape index (κ3) is 8.38. The number of alkyl halides is 6. The largest absolute Gasteiger partial charge is 0.490 e. The third-order valence-electron chi connectivity index (χ3n) is 4.06. The van der Waals surface area contributed by atoms with E-state index in [1.54, 1.807) is 12.1 Å². The van der Waals surface area contributed by atoms with Crippen LogP contribution in [0.5, 0.6) is 0 Å². The number of hydrogen-bond donors (Lipinski definition) is 4. The molecule has 0 radical (unpaired) electrons. The Morgan fingerprint density at radius 2 is 1.36 bits per heavy atom. The van der Waals surface area contributed by atoms with E-state index in [0.717, 1.165) is 12.1 Å². The first-order chi connectivity index (χ1) is 16.6. The Balaban J connectivity index is 0.000000572. The number of nitrogens with zero attached hydrogens (tertiary/aromatic N) is 2. The highest BCUT2D eigenvalue weighted by atomic mass is 32.2. The molecule has 36 heavy (non-hydrogen) atoms. The van der Waals surface area contributed by atoms with Crippen LogP contribution in [0.25, 0.3) is 0 Å². The number of benzene rings is 2. The molecule has 2 aromatic carbocycles. The van der Waals surface area contributed by atoms with Gasteiger partial charge in [-0.05, 0) is 43.4 Å². The average molecular weight is 537 g/mol. The molecular formula is C20H17F6N5O4S. The van der Waals surface area contributed by atoms with Crippen molar-refractivity contribution >= 4 is 39.0 Å². The number of halogens is 6. The van der Waals surface area contributed by atoms with E-state index in [1.807, 2.05) is 0 Å². The van der Waals surface area contributed by atoms with Crippen molar-refractivity contribution in [1.29, 1.82) is 0 Å². The quantitative estimate of drug-likeness (QED) is 0.338. The molecule has 0 atom stereocenters. The van der Waals surface area contributed by atoms with Crippen molar-refractivity contribution in [1.82, 2.24) is 14.7 Å². The molecule has 3 aromatic rings. The van der Waals surface area contributed by atoms with Crippen molar-refractivity contribution in [3.05, 3.63) is 66.5 Å². The number of sulfonamides is 1. The molecule has 0 spiro atoms. The lowest BCUT2D eigenvalue weighted by atomic mass is 10.2. The summed E-state index contributed by atoms with van der Waals surface area (Å²) in [6, 6.07) is 12.3. The topological polar surface area (TPSA) is 133 Å². The number of aromatic nitrogens is 2.